The SMILES string of the molecule is COc1cc(OC)cc(C(=O)N2CC[C@@H]3CNC[C@@H]3CC2)c1.Cl. The zero-order chi connectivity index (χ0) is 15.5. The highest BCUT2D eigenvalue weighted by atomic mass is 35.5. The molecule has 0 unspecified atom stereocenters. The Hall–Kier alpha value is -1.46. The number of nitrogens with zero attached hydrogens (tertiary/aromatic N) is 1. The van der Waals surface area contributed by atoms with Gasteiger partial charge < -0.3 is 19.7 Å². The minimum Gasteiger partial charge on any atom is -0.497 e. The predicted molar refractivity (Wildman–Crippen MR) is 91.8 cm³/mol. The maximum absolute atomic E-state index is 12.8. The van der Waals surface area contributed by atoms with Crippen molar-refractivity contribution in [2.45, 2.75) is 12.8 Å². The van der Waals surface area contributed by atoms with Gasteiger partial charge >= 0.3 is 0 Å². The highest BCUT2D eigenvalue weighted by molar-refractivity contribution is 5.95. The quantitative estimate of drug-likeness (QED) is 0.916. The second-order valence-electron chi connectivity index (χ2n) is 6.15. The Morgan fingerprint density at radius 2 is 1.57 bits per heavy atom. The lowest BCUT2D eigenvalue weighted by Gasteiger charge is -2.21. The number of amides is 1. The van der Waals surface area contributed by atoms with Crippen LogP contribution in [0.1, 0.15) is 23.2 Å². The molecule has 0 aromatic heterocycles. The number of ether oxygens (including phenoxy) is 2. The first-order valence-electron chi connectivity index (χ1n) is 7.94. The van der Waals surface area contributed by atoms with Crippen molar-refractivity contribution in [2.24, 2.45) is 11.8 Å². The molecule has 2 saturated heterocycles. The molecule has 0 bridgehead atoms. The van der Waals surface area contributed by atoms with Gasteiger partial charge in [0, 0.05) is 24.7 Å². The molecule has 6 heteroatoms. The molecular weight excluding hydrogens is 316 g/mol. The van der Waals surface area contributed by atoms with Gasteiger partial charge in [-0.2, -0.15) is 0 Å². The van der Waals surface area contributed by atoms with Crippen molar-refractivity contribution in [1.82, 2.24) is 10.2 Å². The molecule has 1 aromatic carbocycles. The van der Waals surface area contributed by atoms with Gasteiger partial charge in [0.05, 0.1) is 14.2 Å². The maximum Gasteiger partial charge on any atom is 0.254 e. The summed E-state index contributed by atoms with van der Waals surface area (Å²) in [7, 11) is 3.20. The average molecular weight is 341 g/mol. The summed E-state index contributed by atoms with van der Waals surface area (Å²) in [4.78, 5) is 14.8. The van der Waals surface area contributed by atoms with Crippen molar-refractivity contribution in [1.29, 1.82) is 0 Å². The van der Waals surface area contributed by atoms with Gasteiger partial charge in [-0.1, -0.05) is 0 Å². The van der Waals surface area contributed by atoms with Gasteiger partial charge in [0.2, 0.25) is 0 Å². The third-order valence-electron chi connectivity index (χ3n) is 4.90. The van der Waals surface area contributed by atoms with E-state index in [1.165, 1.54) is 0 Å². The van der Waals surface area contributed by atoms with Gasteiger partial charge in [0.15, 0.2) is 0 Å². The molecule has 2 atom stereocenters. The van der Waals surface area contributed by atoms with Crippen molar-refractivity contribution in [3.8, 4) is 11.5 Å². The molecule has 1 aromatic rings. The third-order valence-corrected chi connectivity index (χ3v) is 4.90. The molecule has 2 heterocycles. The summed E-state index contributed by atoms with van der Waals surface area (Å²) < 4.78 is 10.5. The number of likely N-dealkylation sites (tertiary alicyclic amines) is 1. The van der Waals surface area contributed by atoms with E-state index in [0.29, 0.717) is 17.1 Å². The lowest BCUT2D eigenvalue weighted by Crippen LogP contribution is -2.32. The van der Waals surface area contributed by atoms with E-state index >= 15 is 0 Å². The lowest BCUT2D eigenvalue weighted by molar-refractivity contribution is 0.0757. The normalized spacial score (nSPS) is 23.5. The molecule has 0 spiro atoms. The fourth-order valence-electron chi connectivity index (χ4n) is 3.53. The Bertz CT molecular complexity index is 516. The Balaban J connectivity index is 0.00000192. The molecule has 0 radical (unpaired) electrons. The Morgan fingerprint density at radius 3 is 2.04 bits per heavy atom. The summed E-state index contributed by atoms with van der Waals surface area (Å²) in [6, 6.07) is 5.37. The molecule has 128 valence electrons. The largest absolute Gasteiger partial charge is 0.497 e. The summed E-state index contributed by atoms with van der Waals surface area (Å²) in [5.74, 6) is 2.82. The van der Waals surface area contributed by atoms with Crippen LogP contribution in [0.25, 0.3) is 0 Å². The number of methoxy groups -OCH3 is 2. The van der Waals surface area contributed by atoms with Gasteiger partial charge in [0.1, 0.15) is 11.5 Å². The lowest BCUT2D eigenvalue weighted by atomic mass is 9.92. The Morgan fingerprint density at radius 1 is 1.04 bits per heavy atom. The van der Waals surface area contributed by atoms with Crippen molar-refractivity contribution in [3.05, 3.63) is 23.8 Å². The molecule has 1 amide bonds. The fraction of sp³-hybridized carbons (Fsp3) is 0.588. The smallest absolute Gasteiger partial charge is 0.254 e. The number of benzene rings is 1. The highest BCUT2D eigenvalue weighted by Crippen LogP contribution is 2.29. The predicted octanol–water partition coefficient (Wildman–Crippen LogP) is 2.20. The van der Waals surface area contributed by atoms with Crippen LogP contribution in [0.3, 0.4) is 0 Å². The number of halogens is 1. The van der Waals surface area contributed by atoms with Crippen LogP contribution in [0.5, 0.6) is 11.5 Å². The van der Waals surface area contributed by atoms with Crippen LogP contribution in [0.4, 0.5) is 0 Å². The molecule has 3 rings (SSSR count). The van der Waals surface area contributed by atoms with Gasteiger partial charge in [-0.3, -0.25) is 4.79 Å². The van der Waals surface area contributed by atoms with Crippen LogP contribution in [-0.2, 0) is 0 Å². The summed E-state index contributed by atoms with van der Waals surface area (Å²) in [6.07, 6.45) is 2.18. The summed E-state index contributed by atoms with van der Waals surface area (Å²) >= 11 is 0. The average Bonchev–Trinajstić information content (AvgIpc) is 2.92. The van der Waals surface area contributed by atoms with Gasteiger partial charge in [-0.15, -0.1) is 12.4 Å². The van der Waals surface area contributed by atoms with E-state index in [9.17, 15) is 4.79 Å². The molecule has 0 saturated carbocycles. The van der Waals surface area contributed by atoms with Crippen LogP contribution >= 0.6 is 12.4 Å². The maximum atomic E-state index is 12.8. The van der Waals surface area contributed by atoms with E-state index in [1.54, 1.807) is 32.4 Å². The Labute approximate surface area is 143 Å². The molecule has 2 aliphatic heterocycles. The van der Waals surface area contributed by atoms with Gasteiger partial charge in [-0.25, -0.2) is 0 Å². The van der Waals surface area contributed by atoms with Gasteiger partial charge in [-0.05, 0) is 49.9 Å². The summed E-state index contributed by atoms with van der Waals surface area (Å²) in [6.45, 7) is 3.86. The second kappa shape index (κ2) is 7.88. The van der Waals surface area contributed by atoms with Crippen molar-refractivity contribution >= 4 is 18.3 Å². The number of nitrogens with one attached hydrogen (secondary N) is 1. The van der Waals surface area contributed by atoms with Crippen molar-refractivity contribution in [3.63, 3.8) is 0 Å². The van der Waals surface area contributed by atoms with Crippen LogP contribution in [0.2, 0.25) is 0 Å². The number of carbonyl (C=O) groups excluding carboxylic acids is 1. The number of fused-ring (bicyclic) bond motifs is 1. The summed E-state index contributed by atoms with van der Waals surface area (Å²) in [5, 5.41) is 3.46. The number of hydrogen-bond acceptors (Lipinski definition) is 4. The van der Waals surface area contributed by atoms with Crippen LogP contribution in [0, 0.1) is 11.8 Å². The topological polar surface area (TPSA) is 50.8 Å². The van der Waals surface area contributed by atoms with Crippen LogP contribution in [0.15, 0.2) is 18.2 Å². The zero-order valence-corrected chi connectivity index (χ0v) is 14.5. The number of hydrogen-bond donors (Lipinski definition) is 1. The first-order chi connectivity index (χ1) is 10.7. The van der Waals surface area contributed by atoms with Crippen molar-refractivity contribution in [2.75, 3.05) is 40.4 Å². The first-order valence-corrected chi connectivity index (χ1v) is 7.94. The van der Waals surface area contributed by atoms with Crippen molar-refractivity contribution < 1.29 is 14.3 Å². The summed E-state index contributed by atoms with van der Waals surface area (Å²) in [5.41, 5.74) is 0.640. The molecule has 2 fully saturated rings. The minimum atomic E-state index is 0. The monoisotopic (exact) mass is 340 g/mol. The highest BCUT2D eigenvalue weighted by Gasteiger charge is 2.31. The van der Waals surface area contributed by atoms with E-state index in [4.69, 9.17) is 9.47 Å². The van der Waals surface area contributed by atoms with E-state index in [0.717, 1.165) is 50.9 Å². The van der Waals surface area contributed by atoms with Crippen LogP contribution < -0.4 is 14.8 Å². The Kier molecular flexibility index (Phi) is 6.13. The minimum absolute atomic E-state index is 0. The molecular formula is C17H25ClN2O3. The van der Waals surface area contributed by atoms with E-state index < -0.39 is 0 Å². The molecule has 0 aliphatic carbocycles. The molecule has 2 aliphatic rings. The van der Waals surface area contributed by atoms with E-state index in [2.05, 4.69) is 5.32 Å². The fourth-order valence-corrected chi connectivity index (χ4v) is 3.53. The van der Waals surface area contributed by atoms with Crippen LogP contribution in [-0.4, -0.2) is 51.2 Å². The van der Waals surface area contributed by atoms with E-state index in [-0.39, 0.29) is 18.3 Å². The first kappa shape index (κ1) is 17.9. The molecule has 1 N–H and O–H groups in total. The zero-order valence-electron chi connectivity index (χ0n) is 13.7. The molecule has 5 nitrogen and oxygen atoms in total. The van der Waals surface area contributed by atoms with Gasteiger partial charge in [0.25, 0.3) is 5.91 Å². The van der Waals surface area contributed by atoms with E-state index in [1.807, 2.05) is 4.90 Å². The number of carbonyl (C=O) groups is 1. The third kappa shape index (κ3) is 3.90. The number of rotatable bonds is 3. The molecule has 23 heavy (non-hydrogen) atoms. The second-order valence-corrected chi connectivity index (χ2v) is 6.15. The standard InChI is InChI=1S/C17H24N2O3.ClH/c1-21-15-7-14(8-16(9-15)22-2)17(20)19-5-3-12-10-18-11-13(12)4-6-19;/h7-9,12-13,18H,3-6,10-11H2,1-2H3;1H/t12-,13+;.